The quantitative estimate of drug-likeness (QED) is 0.908. The van der Waals surface area contributed by atoms with Gasteiger partial charge < -0.3 is 10.6 Å². The molecular weight excluding hydrogens is 308 g/mol. The Kier molecular flexibility index (Phi) is 5.06. The lowest BCUT2D eigenvalue weighted by Gasteiger charge is -2.34. The summed E-state index contributed by atoms with van der Waals surface area (Å²) in [6.07, 6.45) is 4.26. The second kappa shape index (κ2) is 6.46. The van der Waals surface area contributed by atoms with Gasteiger partial charge in [0.15, 0.2) is 9.84 Å². The normalized spacial score (nSPS) is 19.8. The Labute approximate surface area is 130 Å². The van der Waals surface area contributed by atoms with Gasteiger partial charge in [0.05, 0.1) is 10.6 Å². The minimum Gasteiger partial charge on any atom is -0.334 e. The summed E-state index contributed by atoms with van der Waals surface area (Å²) in [6, 6.07) is 1.83. The minimum atomic E-state index is -3.09. The number of aryl methyl sites for hydroxylation is 1. The molecular formula is C14H22N2O3S2. The first-order valence-electron chi connectivity index (χ1n) is 7.10. The molecule has 5 nitrogen and oxygen atoms in total. The Bertz CT molecular complexity index is 622. The van der Waals surface area contributed by atoms with Crippen molar-refractivity contribution in [2.24, 2.45) is 5.73 Å². The zero-order valence-corrected chi connectivity index (χ0v) is 14.1. The van der Waals surface area contributed by atoms with Crippen molar-refractivity contribution in [3.8, 4) is 0 Å². The molecule has 1 atom stereocenters. The summed E-state index contributed by atoms with van der Waals surface area (Å²) >= 11 is 1.37. The lowest BCUT2D eigenvalue weighted by molar-refractivity contribution is 0.0628. The lowest BCUT2D eigenvalue weighted by atomic mass is 10.0. The first-order chi connectivity index (χ1) is 9.81. The number of carbonyl (C=O) groups is 1. The number of nitrogens with zero attached hydrogens (tertiary/aromatic N) is 1. The Balaban J connectivity index is 2.21. The molecule has 1 unspecified atom stereocenters. The van der Waals surface area contributed by atoms with Crippen molar-refractivity contribution >= 4 is 27.1 Å². The van der Waals surface area contributed by atoms with Gasteiger partial charge in [0, 0.05) is 30.3 Å². The molecule has 1 saturated heterocycles. The maximum atomic E-state index is 12.6. The van der Waals surface area contributed by atoms with Gasteiger partial charge in [0.1, 0.15) is 0 Å². The third kappa shape index (κ3) is 4.05. The van der Waals surface area contributed by atoms with Gasteiger partial charge in [-0.2, -0.15) is 0 Å². The van der Waals surface area contributed by atoms with Crippen LogP contribution in [0.3, 0.4) is 0 Å². The molecule has 21 heavy (non-hydrogen) atoms. The molecule has 2 N–H and O–H groups in total. The molecule has 0 spiro atoms. The fourth-order valence-electron chi connectivity index (χ4n) is 2.71. The molecule has 0 saturated carbocycles. The highest BCUT2D eigenvalue weighted by molar-refractivity contribution is 7.89. The topological polar surface area (TPSA) is 80.5 Å². The lowest BCUT2D eigenvalue weighted by Crippen LogP contribution is -2.47. The number of rotatable bonds is 4. The van der Waals surface area contributed by atoms with Crippen molar-refractivity contribution in [1.82, 2.24) is 4.90 Å². The van der Waals surface area contributed by atoms with E-state index in [4.69, 9.17) is 5.73 Å². The molecule has 0 aliphatic carbocycles. The Morgan fingerprint density at radius 1 is 1.48 bits per heavy atom. The van der Waals surface area contributed by atoms with Crippen LogP contribution in [0.2, 0.25) is 0 Å². The smallest absolute Gasteiger partial charge is 0.264 e. The standard InChI is InChI=1S/C14H22N2O3S2/c1-10-11(9-21(2,18)19)7-13(20-10)14(17)16-6-4-3-5-12(16)8-15/h7,12H,3-6,8-9,15H2,1-2H3. The molecule has 0 aromatic carbocycles. The molecule has 1 aromatic rings. The number of hydrogen-bond acceptors (Lipinski definition) is 5. The van der Waals surface area contributed by atoms with Crippen molar-refractivity contribution in [2.75, 3.05) is 19.3 Å². The monoisotopic (exact) mass is 330 g/mol. The summed E-state index contributed by atoms with van der Waals surface area (Å²) in [4.78, 5) is 16.0. The molecule has 0 bridgehead atoms. The van der Waals surface area contributed by atoms with E-state index in [0.29, 0.717) is 11.4 Å². The Hall–Kier alpha value is -0.920. The number of piperidine rings is 1. The van der Waals surface area contributed by atoms with E-state index in [-0.39, 0.29) is 17.7 Å². The van der Waals surface area contributed by atoms with E-state index in [2.05, 4.69) is 0 Å². The van der Waals surface area contributed by atoms with Crippen LogP contribution < -0.4 is 5.73 Å². The highest BCUT2D eigenvalue weighted by atomic mass is 32.2. The van der Waals surface area contributed by atoms with Crippen molar-refractivity contribution in [1.29, 1.82) is 0 Å². The van der Waals surface area contributed by atoms with Crippen LogP contribution in [0.15, 0.2) is 6.07 Å². The highest BCUT2D eigenvalue weighted by Crippen LogP contribution is 2.27. The number of likely N-dealkylation sites (tertiary alicyclic amines) is 1. The van der Waals surface area contributed by atoms with Crippen molar-refractivity contribution in [2.45, 2.75) is 38.0 Å². The third-order valence-electron chi connectivity index (χ3n) is 3.81. The second-order valence-corrected chi connectivity index (χ2v) is 9.04. The Morgan fingerprint density at radius 3 is 2.81 bits per heavy atom. The third-order valence-corrected chi connectivity index (χ3v) is 5.73. The van der Waals surface area contributed by atoms with Crippen LogP contribution >= 0.6 is 11.3 Å². The maximum Gasteiger partial charge on any atom is 0.264 e. The van der Waals surface area contributed by atoms with E-state index in [9.17, 15) is 13.2 Å². The van der Waals surface area contributed by atoms with Crippen LogP contribution in [0.1, 0.15) is 39.4 Å². The zero-order valence-electron chi connectivity index (χ0n) is 12.5. The molecule has 1 aliphatic heterocycles. The molecule has 1 aliphatic rings. The number of carbonyl (C=O) groups excluding carboxylic acids is 1. The first kappa shape index (κ1) is 16.5. The molecule has 1 fully saturated rings. The number of nitrogens with two attached hydrogens (primary N) is 1. The SMILES string of the molecule is Cc1sc(C(=O)N2CCCCC2CN)cc1CS(C)(=O)=O. The minimum absolute atomic E-state index is 0.0110. The maximum absolute atomic E-state index is 12.6. The van der Waals surface area contributed by atoms with Gasteiger partial charge in [0.2, 0.25) is 0 Å². The van der Waals surface area contributed by atoms with E-state index < -0.39 is 9.84 Å². The fraction of sp³-hybridized carbons (Fsp3) is 0.643. The van der Waals surface area contributed by atoms with Crippen LogP contribution in [0.5, 0.6) is 0 Å². The molecule has 2 heterocycles. The second-order valence-electron chi connectivity index (χ2n) is 5.65. The van der Waals surface area contributed by atoms with Crippen LogP contribution in [0.4, 0.5) is 0 Å². The first-order valence-corrected chi connectivity index (χ1v) is 9.97. The van der Waals surface area contributed by atoms with Crippen molar-refractivity contribution in [3.05, 3.63) is 21.4 Å². The summed E-state index contributed by atoms with van der Waals surface area (Å²) in [6.45, 7) is 3.07. The average Bonchev–Trinajstić information content (AvgIpc) is 2.77. The summed E-state index contributed by atoms with van der Waals surface area (Å²) in [5.41, 5.74) is 6.49. The summed E-state index contributed by atoms with van der Waals surface area (Å²) in [5, 5.41) is 0. The van der Waals surface area contributed by atoms with Gasteiger partial charge in [-0.25, -0.2) is 8.42 Å². The molecule has 7 heteroatoms. The van der Waals surface area contributed by atoms with Gasteiger partial charge in [-0.05, 0) is 37.8 Å². The van der Waals surface area contributed by atoms with E-state index in [1.165, 1.54) is 17.6 Å². The van der Waals surface area contributed by atoms with Crippen molar-refractivity contribution < 1.29 is 13.2 Å². The largest absolute Gasteiger partial charge is 0.334 e. The van der Waals surface area contributed by atoms with E-state index in [1.807, 2.05) is 11.8 Å². The van der Waals surface area contributed by atoms with Crippen LogP contribution in [-0.4, -0.2) is 44.6 Å². The van der Waals surface area contributed by atoms with E-state index >= 15 is 0 Å². The number of thiophene rings is 1. The number of amides is 1. The summed E-state index contributed by atoms with van der Waals surface area (Å²) in [7, 11) is -3.09. The molecule has 118 valence electrons. The van der Waals surface area contributed by atoms with Crippen LogP contribution in [-0.2, 0) is 15.6 Å². The predicted molar refractivity (Wildman–Crippen MR) is 85.3 cm³/mol. The number of sulfone groups is 1. The van der Waals surface area contributed by atoms with Crippen molar-refractivity contribution in [3.63, 3.8) is 0 Å². The molecule has 2 rings (SSSR count). The van der Waals surface area contributed by atoms with Crippen LogP contribution in [0, 0.1) is 6.92 Å². The van der Waals surface area contributed by atoms with E-state index in [1.54, 1.807) is 6.07 Å². The molecule has 1 amide bonds. The number of hydrogen-bond donors (Lipinski definition) is 1. The summed E-state index contributed by atoms with van der Waals surface area (Å²) in [5.74, 6) is -0.0267. The highest BCUT2D eigenvalue weighted by Gasteiger charge is 2.28. The predicted octanol–water partition coefficient (Wildman–Crippen LogP) is 1.55. The zero-order chi connectivity index (χ0) is 15.6. The van der Waals surface area contributed by atoms with Gasteiger partial charge >= 0.3 is 0 Å². The molecule has 1 aromatic heterocycles. The Morgan fingerprint density at radius 2 is 2.19 bits per heavy atom. The van der Waals surface area contributed by atoms with E-state index in [0.717, 1.165) is 36.2 Å². The van der Waals surface area contributed by atoms with Gasteiger partial charge in [-0.15, -0.1) is 11.3 Å². The van der Waals surface area contributed by atoms with Gasteiger partial charge in [-0.1, -0.05) is 0 Å². The van der Waals surface area contributed by atoms with Gasteiger partial charge in [-0.3, -0.25) is 4.79 Å². The van der Waals surface area contributed by atoms with Gasteiger partial charge in [0.25, 0.3) is 5.91 Å². The fourth-order valence-corrected chi connectivity index (χ4v) is 4.66. The average molecular weight is 330 g/mol. The van der Waals surface area contributed by atoms with Crippen LogP contribution in [0.25, 0.3) is 0 Å². The summed E-state index contributed by atoms with van der Waals surface area (Å²) < 4.78 is 22.8. The molecule has 0 radical (unpaired) electrons.